The minimum Gasteiger partial charge on any atom is -0.350 e. The molecule has 1 amide bonds. The van der Waals surface area contributed by atoms with E-state index in [0.717, 1.165) is 49.3 Å². The molecule has 0 bridgehead atoms. The highest BCUT2D eigenvalue weighted by Crippen LogP contribution is 2.20. The van der Waals surface area contributed by atoms with Gasteiger partial charge in [0.05, 0.1) is 17.1 Å². The fourth-order valence-corrected chi connectivity index (χ4v) is 5.16. The van der Waals surface area contributed by atoms with Crippen molar-refractivity contribution in [2.24, 2.45) is 11.1 Å². The number of rotatable bonds is 9. The number of likely N-dealkylation sites (tertiary alicyclic amines) is 1. The molecule has 3 N–H and O–H groups in total. The van der Waals surface area contributed by atoms with Crippen LogP contribution in [-0.2, 0) is 29.5 Å². The molecule has 0 aliphatic carbocycles. The van der Waals surface area contributed by atoms with Gasteiger partial charge in [-0.25, -0.2) is 18.2 Å². The number of amides is 1. The van der Waals surface area contributed by atoms with Crippen molar-refractivity contribution in [3.8, 4) is 0 Å². The van der Waals surface area contributed by atoms with Gasteiger partial charge in [-0.05, 0) is 74.0 Å². The summed E-state index contributed by atoms with van der Waals surface area (Å²) in [5, 5.41) is 16.7. The zero-order valence-electron chi connectivity index (χ0n) is 20.9. The van der Waals surface area contributed by atoms with Crippen LogP contribution in [0.3, 0.4) is 0 Å². The van der Waals surface area contributed by atoms with Gasteiger partial charge in [0.2, 0.25) is 10.0 Å². The summed E-state index contributed by atoms with van der Waals surface area (Å²) in [7, 11) is -3.67. The van der Waals surface area contributed by atoms with Crippen molar-refractivity contribution in [2.45, 2.75) is 51.1 Å². The zero-order valence-corrected chi connectivity index (χ0v) is 21.7. The molecule has 1 aromatic heterocycles. The maximum absolute atomic E-state index is 12.9. The zero-order chi connectivity index (χ0) is 25.7. The molecule has 0 atom stereocenters. The number of aryl methyl sites for hydroxylation is 1. The van der Waals surface area contributed by atoms with Gasteiger partial charge in [-0.2, -0.15) is 0 Å². The van der Waals surface area contributed by atoms with E-state index in [9.17, 15) is 13.2 Å². The molecule has 0 saturated carbocycles. The second kappa shape index (κ2) is 11.3. The molecule has 192 valence electrons. The lowest BCUT2D eigenvalue weighted by atomic mass is 9.96. The summed E-state index contributed by atoms with van der Waals surface area (Å²) in [6.07, 6.45) is 2.64. The standard InChI is InChI=1S/C26H34N6O3S/c1-3-24-25(29-30-32(24)18-22-7-5-4-6-19(22)2)26(33)28-16-20-12-14-31(15-13-20)17-21-8-10-23(11-9-21)36(27,34)35/h4-11,20H,3,12-18H2,1-2H3,(H,28,33)(H2,27,34,35). The highest BCUT2D eigenvalue weighted by atomic mass is 32.2. The van der Waals surface area contributed by atoms with Gasteiger partial charge in [0.25, 0.3) is 5.91 Å². The number of nitrogens with zero attached hydrogens (tertiary/aromatic N) is 4. The molecule has 1 aliphatic heterocycles. The molecule has 3 aromatic rings. The third-order valence-corrected chi connectivity index (χ3v) is 7.81. The van der Waals surface area contributed by atoms with Gasteiger partial charge >= 0.3 is 0 Å². The number of primary sulfonamides is 1. The quantitative estimate of drug-likeness (QED) is 0.456. The number of aromatic nitrogens is 3. The molecule has 0 spiro atoms. The first-order valence-corrected chi connectivity index (χ1v) is 13.9. The SMILES string of the molecule is CCc1c(C(=O)NCC2CCN(Cc3ccc(S(N)(=O)=O)cc3)CC2)nnn1Cc1ccccc1C. The fraction of sp³-hybridized carbons (Fsp3) is 0.423. The number of nitrogens with two attached hydrogens (primary N) is 1. The molecule has 1 aliphatic rings. The lowest BCUT2D eigenvalue weighted by molar-refractivity contribution is 0.0929. The van der Waals surface area contributed by atoms with E-state index in [-0.39, 0.29) is 10.8 Å². The average molecular weight is 511 g/mol. The average Bonchev–Trinajstić information content (AvgIpc) is 3.27. The second-order valence-electron chi connectivity index (χ2n) is 9.44. The van der Waals surface area contributed by atoms with Crippen LogP contribution in [0.2, 0.25) is 0 Å². The largest absolute Gasteiger partial charge is 0.350 e. The number of nitrogens with one attached hydrogen (secondary N) is 1. The van der Waals surface area contributed by atoms with E-state index in [1.165, 1.54) is 5.56 Å². The van der Waals surface area contributed by atoms with E-state index < -0.39 is 10.0 Å². The van der Waals surface area contributed by atoms with Gasteiger partial charge in [-0.15, -0.1) is 5.10 Å². The molecule has 2 aromatic carbocycles. The Morgan fingerprint density at radius 1 is 1.08 bits per heavy atom. The van der Waals surface area contributed by atoms with Crippen molar-refractivity contribution in [3.05, 3.63) is 76.6 Å². The van der Waals surface area contributed by atoms with Crippen LogP contribution in [0.5, 0.6) is 0 Å². The van der Waals surface area contributed by atoms with Crippen LogP contribution < -0.4 is 10.5 Å². The number of piperidine rings is 1. The second-order valence-corrected chi connectivity index (χ2v) is 11.0. The van der Waals surface area contributed by atoms with Gasteiger partial charge in [-0.1, -0.05) is 48.5 Å². The van der Waals surface area contributed by atoms with Gasteiger partial charge in [0, 0.05) is 13.1 Å². The van der Waals surface area contributed by atoms with Crippen molar-refractivity contribution in [2.75, 3.05) is 19.6 Å². The Morgan fingerprint density at radius 2 is 1.78 bits per heavy atom. The van der Waals surface area contributed by atoms with Crippen LogP contribution in [-0.4, -0.2) is 53.9 Å². The van der Waals surface area contributed by atoms with E-state index in [4.69, 9.17) is 5.14 Å². The van der Waals surface area contributed by atoms with Gasteiger partial charge < -0.3 is 5.32 Å². The first-order chi connectivity index (χ1) is 17.2. The molecular formula is C26H34N6O3S. The molecular weight excluding hydrogens is 476 g/mol. The smallest absolute Gasteiger partial charge is 0.273 e. The Hall–Kier alpha value is -3.08. The first kappa shape index (κ1) is 26.0. The lowest BCUT2D eigenvalue weighted by Gasteiger charge is -2.32. The Labute approximate surface area is 212 Å². The number of sulfonamides is 1. The third-order valence-electron chi connectivity index (χ3n) is 6.89. The van der Waals surface area contributed by atoms with Crippen molar-refractivity contribution in [1.29, 1.82) is 0 Å². The lowest BCUT2D eigenvalue weighted by Crippen LogP contribution is -2.38. The van der Waals surface area contributed by atoms with Gasteiger partial charge in [0.1, 0.15) is 0 Å². The maximum Gasteiger partial charge on any atom is 0.273 e. The minimum atomic E-state index is -3.67. The Morgan fingerprint density at radius 3 is 2.42 bits per heavy atom. The van der Waals surface area contributed by atoms with E-state index in [2.05, 4.69) is 39.6 Å². The molecule has 2 heterocycles. The molecule has 1 fully saturated rings. The summed E-state index contributed by atoms with van der Waals surface area (Å²) < 4.78 is 24.7. The van der Waals surface area contributed by atoms with Crippen LogP contribution in [0.1, 0.15) is 52.6 Å². The predicted molar refractivity (Wildman–Crippen MR) is 138 cm³/mol. The summed E-state index contributed by atoms with van der Waals surface area (Å²) in [5.41, 5.74) is 4.66. The third kappa shape index (κ3) is 6.37. The van der Waals surface area contributed by atoms with E-state index >= 15 is 0 Å². The predicted octanol–water partition coefficient (Wildman–Crippen LogP) is 2.49. The molecule has 9 nitrogen and oxygen atoms in total. The Bertz CT molecular complexity index is 1300. The van der Waals surface area contributed by atoms with Crippen molar-refractivity contribution in [3.63, 3.8) is 0 Å². The maximum atomic E-state index is 12.9. The van der Waals surface area contributed by atoms with Crippen LogP contribution in [0.4, 0.5) is 0 Å². The minimum absolute atomic E-state index is 0.127. The fourth-order valence-electron chi connectivity index (χ4n) is 4.65. The highest BCUT2D eigenvalue weighted by molar-refractivity contribution is 7.89. The molecule has 10 heteroatoms. The van der Waals surface area contributed by atoms with Crippen LogP contribution >= 0.6 is 0 Å². The summed E-state index contributed by atoms with van der Waals surface area (Å²) in [6.45, 7) is 7.90. The molecule has 36 heavy (non-hydrogen) atoms. The summed E-state index contributed by atoms with van der Waals surface area (Å²) in [5.74, 6) is 0.238. The number of benzene rings is 2. The Kier molecular flexibility index (Phi) is 8.17. The number of carbonyl (C=O) groups excluding carboxylic acids is 1. The normalized spacial score (nSPS) is 15.2. The van der Waals surface area contributed by atoms with Crippen molar-refractivity contribution in [1.82, 2.24) is 25.2 Å². The molecule has 4 rings (SSSR count). The first-order valence-electron chi connectivity index (χ1n) is 12.3. The van der Waals surface area contributed by atoms with Crippen LogP contribution in [0.15, 0.2) is 53.4 Å². The monoisotopic (exact) mass is 510 g/mol. The summed E-state index contributed by atoms with van der Waals surface area (Å²) in [4.78, 5) is 15.4. The van der Waals surface area contributed by atoms with Crippen molar-refractivity contribution >= 4 is 15.9 Å². The van der Waals surface area contributed by atoms with E-state index in [1.807, 2.05) is 35.9 Å². The van der Waals surface area contributed by atoms with E-state index in [1.54, 1.807) is 12.1 Å². The van der Waals surface area contributed by atoms with Crippen LogP contribution in [0.25, 0.3) is 0 Å². The molecule has 0 radical (unpaired) electrons. The number of hydrogen-bond donors (Lipinski definition) is 2. The number of carbonyl (C=O) groups is 1. The number of hydrogen-bond acceptors (Lipinski definition) is 6. The van der Waals surface area contributed by atoms with Gasteiger partial charge in [-0.3, -0.25) is 9.69 Å². The van der Waals surface area contributed by atoms with E-state index in [0.29, 0.717) is 31.1 Å². The summed E-state index contributed by atoms with van der Waals surface area (Å²) >= 11 is 0. The summed E-state index contributed by atoms with van der Waals surface area (Å²) in [6, 6.07) is 14.9. The Balaban J connectivity index is 1.27. The molecule has 1 saturated heterocycles. The van der Waals surface area contributed by atoms with Gasteiger partial charge in [0.15, 0.2) is 5.69 Å². The van der Waals surface area contributed by atoms with Crippen molar-refractivity contribution < 1.29 is 13.2 Å². The highest BCUT2D eigenvalue weighted by Gasteiger charge is 2.23. The van der Waals surface area contributed by atoms with Crippen LogP contribution in [0, 0.1) is 12.8 Å². The molecule has 0 unspecified atom stereocenters. The topological polar surface area (TPSA) is 123 Å².